The van der Waals surface area contributed by atoms with Crippen molar-refractivity contribution in [1.82, 2.24) is 10.6 Å². The van der Waals surface area contributed by atoms with Crippen molar-refractivity contribution in [2.45, 2.75) is 32.6 Å². The monoisotopic (exact) mass is 490 g/mol. The fourth-order valence-electron chi connectivity index (χ4n) is 3.97. The fourth-order valence-corrected chi connectivity index (χ4v) is 3.97. The van der Waals surface area contributed by atoms with Gasteiger partial charge in [0.2, 0.25) is 0 Å². The van der Waals surface area contributed by atoms with Crippen molar-refractivity contribution in [3.05, 3.63) is 101 Å². The molecule has 0 fully saturated rings. The molecule has 1 unspecified atom stereocenters. The van der Waals surface area contributed by atoms with E-state index in [4.69, 9.17) is 14.2 Å². The van der Waals surface area contributed by atoms with Crippen LogP contribution >= 0.6 is 0 Å². The third-order valence-corrected chi connectivity index (χ3v) is 5.57. The first-order valence-corrected chi connectivity index (χ1v) is 11.5. The summed E-state index contributed by atoms with van der Waals surface area (Å²) in [5.41, 5.74) is 1.99. The molecular formula is C28H27FN2O5. The summed E-state index contributed by atoms with van der Waals surface area (Å²) in [6.45, 7) is 3.41. The van der Waals surface area contributed by atoms with E-state index >= 15 is 0 Å². The zero-order chi connectivity index (χ0) is 25.7. The Labute approximate surface area is 208 Å². The Morgan fingerprint density at radius 3 is 2.42 bits per heavy atom. The molecule has 0 spiro atoms. The first-order chi connectivity index (χ1) is 17.4. The van der Waals surface area contributed by atoms with E-state index in [1.807, 2.05) is 18.2 Å². The average molecular weight is 491 g/mol. The van der Waals surface area contributed by atoms with Gasteiger partial charge in [0.25, 0.3) is 0 Å². The van der Waals surface area contributed by atoms with E-state index in [1.54, 1.807) is 62.4 Å². The minimum atomic E-state index is -0.925. The van der Waals surface area contributed by atoms with Gasteiger partial charge < -0.3 is 24.8 Å². The second kappa shape index (κ2) is 10.9. The van der Waals surface area contributed by atoms with Gasteiger partial charge in [-0.15, -0.1) is 0 Å². The molecule has 1 aliphatic rings. The molecule has 3 aromatic rings. The van der Waals surface area contributed by atoms with Crippen LogP contribution in [0.25, 0.3) is 5.70 Å². The topological polar surface area (TPSA) is 85.9 Å². The van der Waals surface area contributed by atoms with E-state index in [0.717, 1.165) is 0 Å². The lowest BCUT2D eigenvalue weighted by Gasteiger charge is -2.31. The highest BCUT2D eigenvalue weighted by Crippen LogP contribution is 2.41. The zero-order valence-corrected chi connectivity index (χ0v) is 20.2. The summed E-state index contributed by atoms with van der Waals surface area (Å²) in [6.07, 6.45) is -0.387. The molecule has 186 valence electrons. The van der Waals surface area contributed by atoms with Gasteiger partial charge in [-0.25, -0.2) is 14.0 Å². The Bertz CT molecular complexity index is 1290. The lowest BCUT2D eigenvalue weighted by molar-refractivity contribution is -0.143. The molecular weight excluding hydrogens is 463 g/mol. The third-order valence-electron chi connectivity index (χ3n) is 5.57. The van der Waals surface area contributed by atoms with Crippen LogP contribution in [-0.4, -0.2) is 25.2 Å². The summed E-state index contributed by atoms with van der Waals surface area (Å²) < 4.78 is 31.4. The number of hydrogen-bond acceptors (Lipinski definition) is 5. The highest BCUT2D eigenvalue weighted by atomic mass is 19.1. The Kier molecular flexibility index (Phi) is 7.53. The number of ether oxygens (including phenoxy) is 3. The van der Waals surface area contributed by atoms with Crippen LogP contribution in [0.3, 0.4) is 0 Å². The molecule has 1 heterocycles. The van der Waals surface area contributed by atoms with E-state index in [1.165, 1.54) is 13.2 Å². The quantitative estimate of drug-likeness (QED) is 0.428. The van der Waals surface area contributed by atoms with Crippen LogP contribution in [0, 0.1) is 5.82 Å². The minimum Gasteiger partial charge on any atom is -0.493 e. The molecule has 0 saturated heterocycles. The zero-order valence-electron chi connectivity index (χ0n) is 20.2. The van der Waals surface area contributed by atoms with Gasteiger partial charge in [0, 0.05) is 11.1 Å². The van der Waals surface area contributed by atoms with Crippen LogP contribution in [0.4, 0.5) is 9.18 Å². The predicted octanol–water partition coefficient (Wildman–Crippen LogP) is 5.13. The van der Waals surface area contributed by atoms with E-state index in [9.17, 15) is 14.0 Å². The minimum absolute atomic E-state index is 0.0833. The van der Waals surface area contributed by atoms with Gasteiger partial charge >= 0.3 is 12.0 Å². The molecule has 1 atom stereocenters. The molecule has 0 saturated carbocycles. The average Bonchev–Trinajstić information content (AvgIpc) is 2.87. The summed E-state index contributed by atoms with van der Waals surface area (Å²) in [4.78, 5) is 26.2. The van der Waals surface area contributed by atoms with Crippen molar-refractivity contribution in [3.8, 4) is 11.5 Å². The predicted molar refractivity (Wildman–Crippen MR) is 133 cm³/mol. The number of carbonyl (C=O) groups is 2. The van der Waals surface area contributed by atoms with Crippen molar-refractivity contribution in [2.24, 2.45) is 0 Å². The molecule has 2 N–H and O–H groups in total. The maximum absolute atomic E-state index is 14.3. The Balaban J connectivity index is 1.85. The Hall–Kier alpha value is -4.33. The molecule has 0 aromatic heterocycles. The number of amides is 2. The fraction of sp³-hybridized carbons (Fsp3) is 0.214. The lowest BCUT2D eigenvalue weighted by Crippen LogP contribution is -2.45. The summed E-state index contributed by atoms with van der Waals surface area (Å²) in [7, 11) is 1.48. The molecule has 0 radical (unpaired) electrons. The number of benzene rings is 3. The Morgan fingerprint density at radius 1 is 1.00 bits per heavy atom. The summed E-state index contributed by atoms with van der Waals surface area (Å²) >= 11 is 0. The number of nitrogens with one attached hydrogen (secondary N) is 2. The number of hydrogen-bond donors (Lipinski definition) is 2. The first kappa shape index (κ1) is 24.8. The SMILES string of the molecule is COc1cccc(C2NC(=O)NC(c3ccccc3)=C2C(=O)OC(C)C)c1OCc1ccccc1F. The number of methoxy groups -OCH3 is 1. The van der Waals surface area contributed by atoms with Gasteiger partial charge in [-0.05, 0) is 31.5 Å². The number of para-hydroxylation sites is 1. The normalized spacial score (nSPS) is 15.2. The van der Waals surface area contributed by atoms with Gasteiger partial charge in [-0.1, -0.05) is 60.7 Å². The molecule has 0 aliphatic carbocycles. The molecule has 7 nitrogen and oxygen atoms in total. The van der Waals surface area contributed by atoms with Crippen LogP contribution in [0.5, 0.6) is 11.5 Å². The van der Waals surface area contributed by atoms with Crippen molar-refractivity contribution in [2.75, 3.05) is 7.11 Å². The van der Waals surface area contributed by atoms with Crippen molar-refractivity contribution >= 4 is 17.7 Å². The molecule has 1 aliphatic heterocycles. The molecule has 4 rings (SSSR count). The molecule has 8 heteroatoms. The van der Waals surface area contributed by atoms with Crippen LogP contribution < -0.4 is 20.1 Å². The number of halogens is 1. The summed E-state index contributed by atoms with van der Waals surface area (Å²) in [6, 6.07) is 19.1. The van der Waals surface area contributed by atoms with E-state index in [0.29, 0.717) is 28.1 Å². The molecule has 2 amide bonds. The second-order valence-electron chi connectivity index (χ2n) is 8.40. The van der Waals surface area contributed by atoms with Crippen molar-refractivity contribution in [1.29, 1.82) is 0 Å². The molecule has 0 bridgehead atoms. The van der Waals surface area contributed by atoms with Crippen molar-refractivity contribution < 1.29 is 28.2 Å². The second-order valence-corrected chi connectivity index (χ2v) is 8.40. The number of rotatable bonds is 8. The molecule has 3 aromatic carbocycles. The van der Waals surface area contributed by atoms with Crippen molar-refractivity contribution in [3.63, 3.8) is 0 Å². The van der Waals surface area contributed by atoms with Crippen LogP contribution in [0.1, 0.15) is 36.6 Å². The number of carbonyl (C=O) groups excluding carboxylic acids is 2. The highest BCUT2D eigenvalue weighted by molar-refractivity contribution is 6.04. The first-order valence-electron chi connectivity index (χ1n) is 11.5. The van der Waals surface area contributed by atoms with Crippen LogP contribution in [0.2, 0.25) is 0 Å². The van der Waals surface area contributed by atoms with Gasteiger partial charge in [0.1, 0.15) is 12.4 Å². The Morgan fingerprint density at radius 2 is 1.72 bits per heavy atom. The van der Waals surface area contributed by atoms with Gasteiger partial charge in [-0.3, -0.25) is 0 Å². The van der Waals surface area contributed by atoms with Crippen LogP contribution in [-0.2, 0) is 16.1 Å². The van der Waals surface area contributed by atoms with Gasteiger partial charge in [-0.2, -0.15) is 0 Å². The summed E-state index contributed by atoms with van der Waals surface area (Å²) in [5, 5.41) is 5.58. The van der Waals surface area contributed by atoms with Crippen LogP contribution in [0.15, 0.2) is 78.4 Å². The largest absolute Gasteiger partial charge is 0.493 e. The van der Waals surface area contributed by atoms with E-state index < -0.39 is 23.9 Å². The maximum Gasteiger partial charge on any atom is 0.338 e. The number of esters is 1. The van der Waals surface area contributed by atoms with Gasteiger partial charge in [0.15, 0.2) is 11.5 Å². The third kappa shape index (κ3) is 5.33. The lowest BCUT2D eigenvalue weighted by atomic mass is 9.91. The smallest absolute Gasteiger partial charge is 0.338 e. The maximum atomic E-state index is 14.3. The highest BCUT2D eigenvalue weighted by Gasteiger charge is 2.37. The number of urea groups is 1. The summed E-state index contributed by atoms with van der Waals surface area (Å²) in [5.74, 6) is -0.354. The molecule has 36 heavy (non-hydrogen) atoms. The van der Waals surface area contributed by atoms with E-state index in [-0.39, 0.29) is 24.0 Å². The van der Waals surface area contributed by atoms with E-state index in [2.05, 4.69) is 10.6 Å². The standard InChI is InChI=1S/C28H27FN2O5/c1-17(2)36-27(32)23-24(18-10-5-4-6-11-18)30-28(33)31-25(23)20-13-9-15-22(34-3)26(20)35-16-19-12-7-8-14-21(19)29/h4-15,17,25H,16H2,1-3H3,(H2,30,31,33). The van der Waals surface area contributed by atoms with Gasteiger partial charge in [0.05, 0.1) is 30.5 Å².